The number of nitrogens with one attached hydrogen (secondary N) is 1. The van der Waals surface area contributed by atoms with E-state index in [1.165, 1.54) is 26.2 Å². The third kappa shape index (κ3) is 6.66. The summed E-state index contributed by atoms with van der Waals surface area (Å²) in [5.41, 5.74) is 0.640. The molecule has 1 rings (SSSR count). The minimum atomic E-state index is -0.877. The summed E-state index contributed by atoms with van der Waals surface area (Å²) in [5, 5.41) is 3.05. The van der Waals surface area contributed by atoms with Gasteiger partial charge in [-0.3, -0.25) is 4.79 Å². The molecule has 138 valence electrons. The Morgan fingerprint density at radius 1 is 1.28 bits per heavy atom. The van der Waals surface area contributed by atoms with Crippen molar-refractivity contribution in [3.63, 3.8) is 0 Å². The quantitative estimate of drug-likeness (QED) is 0.562. The highest BCUT2D eigenvalue weighted by molar-refractivity contribution is 6.32. The SMILES string of the molecule is CCOc1c(Cl)cc(/C=C/C(=O)O[C@H](C)C(=O)NC(C)C)cc1OC. The predicted molar refractivity (Wildman–Crippen MR) is 97.0 cm³/mol. The fourth-order valence-corrected chi connectivity index (χ4v) is 2.23. The first-order chi connectivity index (χ1) is 11.8. The standard InChI is InChI=1S/C18H24ClNO5/c1-6-24-17-14(19)9-13(10-15(17)23-5)7-8-16(21)25-12(4)18(22)20-11(2)3/h7-12H,6H2,1-5H3,(H,20,22)/b8-7+/t12-/m1/s1. The maximum atomic E-state index is 11.8. The number of amides is 1. The maximum Gasteiger partial charge on any atom is 0.331 e. The molecule has 0 aliphatic carbocycles. The van der Waals surface area contributed by atoms with Gasteiger partial charge >= 0.3 is 5.97 Å². The summed E-state index contributed by atoms with van der Waals surface area (Å²) in [5.74, 6) is -0.0599. The van der Waals surface area contributed by atoms with Crippen LogP contribution in [0.2, 0.25) is 5.02 Å². The van der Waals surface area contributed by atoms with Gasteiger partial charge in [0.25, 0.3) is 5.91 Å². The molecule has 7 heteroatoms. The highest BCUT2D eigenvalue weighted by Crippen LogP contribution is 2.36. The van der Waals surface area contributed by atoms with Crippen molar-refractivity contribution >= 4 is 29.6 Å². The Morgan fingerprint density at radius 2 is 1.96 bits per heavy atom. The minimum absolute atomic E-state index is 0.0253. The smallest absolute Gasteiger partial charge is 0.331 e. The van der Waals surface area contributed by atoms with Gasteiger partial charge in [-0.15, -0.1) is 0 Å². The van der Waals surface area contributed by atoms with Crippen molar-refractivity contribution in [1.29, 1.82) is 0 Å². The first kappa shape index (κ1) is 20.8. The molecule has 25 heavy (non-hydrogen) atoms. The van der Waals surface area contributed by atoms with Crippen molar-refractivity contribution in [1.82, 2.24) is 5.32 Å². The number of methoxy groups -OCH3 is 1. The summed E-state index contributed by atoms with van der Waals surface area (Å²) in [6.45, 7) is 7.47. The summed E-state index contributed by atoms with van der Waals surface area (Å²) >= 11 is 6.17. The molecule has 1 amide bonds. The number of ether oxygens (including phenoxy) is 3. The molecule has 6 nitrogen and oxygen atoms in total. The zero-order chi connectivity index (χ0) is 19.0. The lowest BCUT2D eigenvalue weighted by molar-refractivity contribution is -0.150. The van der Waals surface area contributed by atoms with E-state index in [1.807, 2.05) is 20.8 Å². The van der Waals surface area contributed by atoms with Crippen LogP contribution in [0.25, 0.3) is 6.08 Å². The first-order valence-electron chi connectivity index (χ1n) is 7.97. The molecule has 0 radical (unpaired) electrons. The van der Waals surface area contributed by atoms with Crippen molar-refractivity contribution in [2.75, 3.05) is 13.7 Å². The molecule has 1 atom stereocenters. The van der Waals surface area contributed by atoms with Crippen molar-refractivity contribution in [3.8, 4) is 11.5 Å². The fraction of sp³-hybridized carbons (Fsp3) is 0.444. The molecule has 0 saturated heterocycles. The number of benzene rings is 1. The lowest BCUT2D eigenvalue weighted by atomic mass is 10.2. The van der Waals surface area contributed by atoms with E-state index in [4.69, 9.17) is 25.8 Å². The lowest BCUT2D eigenvalue weighted by Gasteiger charge is -2.14. The highest BCUT2D eigenvalue weighted by atomic mass is 35.5. The normalized spacial score (nSPS) is 12.1. The van der Waals surface area contributed by atoms with Gasteiger partial charge in [0.2, 0.25) is 0 Å². The van der Waals surface area contributed by atoms with Gasteiger partial charge in [-0.05, 0) is 51.5 Å². The number of rotatable bonds is 8. The zero-order valence-electron chi connectivity index (χ0n) is 15.1. The molecule has 1 aromatic rings. The van der Waals surface area contributed by atoms with E-state index in [0.717, 1.165) is 0 Å². The number of esters is 1. The largest absolute Gasteiger partial charge is 0.493 e. The highest BCUT2D eigenvalue weighted by Gasteiger charge is 2.17. The fourth-order valence-electron chi connectivity index (χ4n) is 1.95. The van der Waals surface area contributed by atoms with Crippen LogP contribution in [0.4, 0.5) is 0 Å². The Labute approximate surface area is 153 Å². The van der Waals surface area contributed by atoms with Crippen LogP contribution in [-0.2, 0) is 14.3 Å². The molecular formula is C18H24ClNO5. The monoisotopic (exact) mass is 369 g/mol. The molecule has 0 unspecified atom stereocenters. The summed E-state index contributed by atoms with van der Waals surface area (Å²) in [7, 11) is 1.50. The van der Waals surface area contributed by atoms with E-state index < -0.39 is 12.1 Å². The van der Waals surface area contributed by atoms with Crippen LogP contribution < -0.4 is 14.8 Å². The molecular weight excluding hydrogens is 346 g/mol. The van der Waals surface area contributed by atoms with Crippen molar-refractivity contribution in [2.45, 2.75) is 39.8 Å². The van der Waals surface area contributed by atoms with Gasteiger partial charge in [-0.2, -0.15) is 0 Å². The summed E-state index contributed by atoms with van der Waals surface area (Å²) in [4.78, 5) is 23.6. The second kappa shape index (κ2) is 9.93. The maximum absolute atomic E-state index is 11.8. The summed E-state index contributed by atoms with van der Waals surface area (Å²) in [6.07, 6.45) is 1.88. The van der Waals surface area contributed by atoms with E-state index in [2.05, 4.69) is 5.32 Å². The molecule has 1 aromatic carbocycles. The van der Waals surface area contributed by atoms with Crippen molar-refractivity contribution in [3.05, 3.63) is 28.8 Å². The molecule has 0 saturated carbocycles. The summed E-state index contributed by atoms with van der Waals surface area (Å²) < 4.78 is 15.7. The van der Waals surface area contributed by atoms with E-state index in [9.17, 15) is 9.59 Å². The van der Waals surface area contributed by atoms with Gasteiger partial charge in [-0.25, -0.2) is 4.79 Å². The second-order valence-corrected chi connectivity index (χ2v) is 5.95. The molecule has 0 fully saturated rings. The van der Waals surface area contributed by atoms with Crippen LogP contribution in [0.1, 0.15) is 33.3 Å². The molecule has 0 spiro atoms. The zero-order valence-corrected chi connectivity index (χ0v) is 15.8. The van der Waals surface area contributed by atoms with Crippen LogP contribution >= 0.6 is 11.6 Å². The van der Waals surface area contributed by atoms with Gasteiger partial charge in [0.05, 0.1) is 18.7 Å². The minimum Gasteiger partial charge on any atom is -0.493 e. The molecule has 0 aliphatic rings. The van der Waals surface area contributed by atoms with Crippen LogP contribution in [0, 0.1) is 0 Å². The van der Waals surface area contributed by atoms with Crippen LogP contribution in [0.15, 0.2) is 18.2 Å². The van der Waals surface area contributed by atoms with Crippen LogP contribution in [0.5, 0.6) is 11.5 Å². The number of hydrogen-bond donors (Lipinski definition) is 1. The lowest BCUT2D eigenvalue weighted by Crippen LogP contribution is -2.39. The van der Waals surface area contributed by atoms with E-state index in [-0.39, 0.29) is 11.9 Å². The molecule has 0 heterocycles. The molecule has 1 N–H and O–H groups in total. The number of halogens is 1. The summed E-state index contributed by atoms with van der Waals surface area (Å²) in [6, 6.07) is 3.31. The van der Waals surface area contributed by atoms with Gasteiger partial charge in [0, 0.05) is 12.1 Å². The Bertz CT molecular complexity index is 643. The number of carbonyl (C=O) groups excluding carboxylic acids is 2. The van der Waals surface area contributed by atoms with E-state index in [1.54, 1.807) is 12.1 Å². The Balaban J connectivity index is 2.79. The van der Waals surface area contributed by atoms with Crippen LogP contribution in [-0.4, -0.2) is 37.7 Å². The van der Waals surface area contributed by atoms with E-state index in [0.29, 0.717) is 28.7 Å². The van der Waals surface area contributed by atoms with Crippen molar-refractivity contribution < 1.29 is 23.8 Å². The topological polar surface area (TPSA) is 73.9 Å². The predicted octanol–water partition coefficient (Wildman–Crippen LogP) is 3.22. The number of carbonyl (C=O) groups is 2. The second-order valence-electron chi connectivity index (χ2n) is 5.54. The van der Waals surface area contributed by atoms with Gasteiger partial charge in [0.15, 0.2) is 17.6 Å². The van der Waals surface area contributed by atoms with Crippen LogP contribution in [0.3, 0.4) is 0 Å². The van der Waals surface area contributed by atoms with E-state index >= 15 is 0 Å². The Hall–Kier alpha value is -2.21. The average Bonchev–Trinajstić information content (AvgIpc) is 2.54. The van der Waals surface area contributed by atoms with Gasteiger partial charge in [0.1, 0.15) is 0 Å². The van der Waals surface area contributed by atoms with Gasteiger partial charge < -0.3 is 19.5 Å². The third-order valence-corrected chi connectivity index (χ3v) is 3.33. The molecule has 0 bridgehead atoms. The Kier molecular flexibility index (Phi) is 8.28. The third-order valence-electron chi connectivity index (χ3n) is 3.05. The Morgan fingerprint density at radius 3 is 2.52 bits per heavy atom. The first-order valence-corrected chi connectivity index (χ1v) is 8.35. The molecule has 0 aromatic heterocycles. The molecule has 0 aliphatic heterocycles. The average molecular weight is 370 g/mol. The van der Waals surface area contributed by atoms with Crippen molar-refractivity contribution in [2.24, 2.45) is 0 Å². The number of hydrogen-bond acceptors (Lipinski definition) is 5. The van der Waals surface area contributed by atoms with Gasteiger partial charge in [-0.1, -0.05) is 11.6 Å².